The first-order valence-corrected chi connectivity index (χ1v) is 4.43. The molecule has 0 unspecified atom stereocenters. The maximum atomic E-state index is 12.3. The first kappa shape index (κ1) is 11.6. The second-order valence-corrected chi connectivity index (χ2v) is 3.17. The third-order valence-electron chi connectivity index (χ3n) is 1.97. The molecule has 0 heterocycles. The van der Waals surface area contributed by atoms with E-state index in [4.69, 9.17) is 0 Å². The predicted octanol–water partition coefficient (Wildman–Crippen LogP) is 1.03. The third kappa shape index (κ3) is 3.30. The van der Waals surface area contributed by atoms with Crippen LogP contribution in [0.15, 0.2) is 24.3 Å². The van der Waals surface area contributed by atoms with Crippen molar-refractivity contribution in [1.82, 2.24) is 5.32 Å². The fourth-order valence-electron chi connectivity index (χ4n) is 1.18. The van der Waals surface area contributed by atoms with E-state index in [1.165, 1.54) is 19.2 Å². The van der Waals surface area contributed by atoms with E-state index in [1.807, 2.05) is 0 Å². The van der Waals surface area contributed by atoms with Gasteiger partial charge < -0.3 is 18.3 Å². The van der Waals surface area contributed by atoms with E-state index in [1.54, 1.807) is 0 Å². The van der Waals surface area contributed by atoms with Gasteiger partial charge in [0, 0.05) is 7.05 Å². The van der Waals surface area contributed by atoms with Gasteiger partial charge in [-0.05, 0) is 5.56 Å². The molecule has 0 aliphatic carbocycles. The minimum atomic E-state index is -4.99. The van der Waals surface area contributed by atoms with E-state index in [0.717, 1.165) is 12.1 Å². The Bertz CT molecular complexity index is 365. The molecule has 15 heavy (non-hydrogen) atoms. The van der Waals surface area contributed by atoms with Gasteiger partial charge in [-0.2, -0.15) is 0 Å². The van der Waals surface area contributed by atoms with Gasteiger partial charge in [0.05, 0.1) is 6.42 Å². The Kier molecular flexibility index (Phi) is 3.39. The Hall–Kier alpha value is -1.46. The highest BCUT2D eigenvalue weighted by Gasteiger charge is 2.25. The van der Waals surface area contributed by atoms with Gasteiger partial charge in [0.25, 0.3) is 0 Å². The van der Waals surface area contributed by atoms with E-state index in [0.29, 0.717) is 5.56 Å². The van der Waals surface area contributed by atoms with E-state index in [-0.39, 0.29) is 12.3 Å². The summed E-state index contributed by atoms with van der Waals surface area (Å²) in [6.07, 6.45) is -0.0312. The van der Waals surface area contributed by atoms with Gasteiger partial charge in [-0.15, -0.1) is 5.46 Å². The standard InChI is InChI=1S/C9H10BF3NO/c1-14-9(15)6-7-3-2-4-8(5-7)10(11,12)13/h2-5H,6H2,1H3,(H,14,15)/q-1. The lowest BCUT2D eigenvalue weighted by atomic mass is 9.79. The normalized spacial score (nSPS) is 11.2. The van der Waals surface area contributed by atoms with Gasteiger partial charge in [-0.25, -0.2) is 0 Å². The van der Waals surface area contributed by atoms with Crippen LogP contribution in [0.25, 0.3) is 0 Å². The topological polar surface area (TPSA) is 29.1 Å². The molecule has 82 valence electrons. The van der Waals surface area contributed by atoms with Crippen LogP contribution in [-0.2, 0) is 11.2 Å². The molecule has 0 bridgehead atoms. The molecule has 0 saturated heterocycles. The van der Waals surface area contributed by atoms with Crippen molar-refractivity contribution in [3.05, 3.63) is 29.8 Å². The van der Waals surface area contributed by atoms with Gasteiger partial charge >= 0.3 is 6.98 Å². The number of halogens is 3. The zero-order valence-electron chi connectivity index (χ0n) is 8.14. The maximum absolute atomic E-state index is 12.3. The predicted molar refractivity (Wildman–Crippen MR) is 52.9 cm³/mol. The van der Waals surface area contributed by atoms with Crippen LogP contribution < -0.4 is 10.8 Å². The molecule has 1 rings (SSSR count). The van der Waals surface area contributed by atoms with Crippen LogP contribution in [0.1, 0.15) is 5.56 Å². The second-order valence-electron chi connectivity index (χ2n) is 3.17. The summed E-state index contributed by atoms with van der Waals surface area (Å²) in [6.45, 7) is -4.99. The van der Waals surface area contributed by atoms with Crippen LogP contribution in [0.3, 0.4) is 0 Å². The lowest BCUT2D eigenvalue weighted by molar-refractivity contribution is -0.119. The molecule has 1 aromatic carbocycles. The van der Waals surface area contributed by atoms with E-state index in [9.17, 15) is 17.7 Å². The summed E-state index contributed by atoms with van der Waals surface area (Å²) in [7, 11) is 1.44. The van der Waals surface area contributed by atoms with Crippen molar-refractivity contribution in [2.24, 2.45) is 0 Å². The fraction of sp³-hybridized carbons (Fsp3) is 0.222. The number of benzene rings is 1. The van der Waals surface area contributed by atoms with E-state index in [2.05, 4.69) is 5.32 Å². The number of amides is 1. The molecule has 1 aromatic rings. The van der Waals surface area contributed by atoms with Gasteiger partial charge in [0.1, 0.15) is 0 Å². The van der Waals surface area contributed by atoms with E-state index < -0.39 is 12.4 Å². The fourth-order valence-corrected chi connectivity index (χ4v) is 1.18. The van der Waals surface area contributed by atoms with Crippen molar-refractivity contribution in [3.63, 3.8) is 0 Å². The first-order chi connectivity index (χ1) is 6.93. The number of rotatable bonds is 3. The smallest absolute Gasteiger partial charge is 0.445 e. The summed E-state index contributed by atoms with van der Waals surface area (Å²) in [5.74, 6) is -0.304. The Morgan fingerprint density at radius 3 is 2.60 bits per heavy atom. The van der Waals surface area contributed by atoms with Gasteiger partial charge in [-0.3, -0.25) is 4.79 Å². The molecule has 0 radical (unpaired) electrons. The molecule has 0 atom stereocenters. The Labute approximate surface area is 85.5 Å². The Morgan fingerprint density at radius 1 is 1.40 bits per heavy atom. The van der Waals surface area contributed by atoms with E-state index >= 15 is 0 Å². The monoisotopic (exact) mass is 216 g/mol. The maximum Gasteiger partial charge on any atom is 0.509 e. The molecule has 0 aliphatic rings. The van der Waals surface area contributed by atoms with Crippen LogP contribution in [0.5, 0.6) is 0 Å². The summed E-state index contributed by atoms with van der Waals surface area (Å²) in [5, 5.41) is 2.36. The second kappa shape index (κ2) is 4.38. The van der Waals surface area contributed by atoms with Crippen molar-refractivity contribution in [3.8, 4) is 0 Å². The highest BCUT2D eigenvalue weighted by molar-refractivity contribution is 6.73. The lowest BCUT2D eigenvalue weighted by Crippen LogP contribution is -2.34. The average molecular weight is 216 g/mol. The molecule has 0 spiro atoms. The number of carbonyl (C=O) groups excluding carboxylic acids is 1. The summed E-state index contributed by atoms with van der Waals surface area (Å²) in [6, 6.07) is 4.83. The van der Waals surface area contributed by atoms with Crippen LogP contribution in [0, 0.1) is 0 Å². The number of likely N-dealkylation sites (N-methyl/N-ethyl adjacent to an activating group) is 1. The Morgan fingerprint density at radius 2 is 2.07 bits per heavy atom. The molecule has 6 heteroatoms. The minimum absolute atomic E-state index is 0.0312. The van der Waals surface area contributed by atoms with Crippen molar-refractivity contribution in [2.75, 3.05) is 7.05 Å². The van der Waals surface area contributed by atoms with Crippen molar-refractivity contribution in [2.45, 2.75) is 6.42 Å². The highest BCUT2D eigenvalue weighted by atomic mass is 19.4. The zero-order chi connectivity index (χ0) is 11.5. The van der Waals surface area contributed by atoms with Gasteiger partial charge in [0.15, 0.2) is 0 Å². The van der Waals surface area contributed by atoms with Crippen molar-refractivity contribution >= 4 is 18.3 Å². The third-order valence-corrected chi connectivity index (χ3v) is 1.97. The van der Waals surface area contributed by atoms with Gasteiger partial charge in [0.2, 0.25) is 5.91 Å². The molecule has 0 fully saturated rings. The van der Waals surface area contributed by atoms with Crippen molar-refractivity contribution < 1.29 is 17.7 Å². The largest absolute Gasteiger partial charge is 0.509 e. The quantitative estimate of drug-likeness (QED) is 0.751. The molecule has 0 aliphatic heterocycles. The Balaban J connectivity index is 2.88. The summed E-state index contributed by atoms with van der Waals surface area (Å²) in [4.78, 5) is 11.0. The summed E-state index contributed by atoms with van der Waals surface area (Å²) >= 11 is 0. The highest BCUT2D eigenvalue weighted by Crippen LogP contribution is 2.10. The zero-order valence-corrected chi connectivity index (χ0v) is 8.14. The number of carbonyl (C=O) groups is 1. The summed E-state index contributed by atoms with van der Waals surface area (Å²) < 4.78 is 37.0. The molecule has 2 nitrogen and oxygen atoms in total. The molecule has 0 saturated carbocycles. The van der Waals surface area contributed by atoms with Crippen LogP contribution in [-0.4, -0.2) is 19.9 Å². The molecule has 1 amide bonds. The average Bonchev–Trinajstić information content (AvgIpc) is 2.17. The van der Waals surface area contributed by atoms with Gasteiger partial charge in [-0.1, -0.05) is 24.3 Å². The number of hydrogen-bond donors (Lipinski definition) is 1. The van der Waals surface area contributed by atoms with Crippen molar-refractivity contribution in [1.29, 1.82) is 0 Å². The molecular formula is C9H10BF3NO-. The SMILES string of the molecule is CNC(=O)Cc1cccc([B-](F)(F)F)c1. The lowest BCUT2D eigenvalue weighted by Gasteiger charge is -2.15. The number of nitrogens with one attached hydrogen (secondary N) is 1. The van der Waals surface area contributed by atoms with Crippen LogP contribution in [0.4, 0.5) is 12.9 Å². The van der Waals surface area contributed by atoms with Crippen LogP contribution in [0.2, 0.25) is 0 Å². The molecule has 1 N–H and O–H groups in total. The molecular weight excluding hydrogens is 206 g/mol. The molecule has 0 aromatic heterocycles. The van der Waals surface area contributed by atoms with Crippen LogP contribution >= 0.6 is 0 Å². The summed E-state index contributed by atoms with van der Waals surface area (Å²) in [5.41, 5.74) is -0.303. The minimum Gasteiger partial charge on any atom is -0.445 e. The first-order valence-electron chi connectivity index (χ1n) is 4.43. The number of hydrogen-bond acceptors (Lipinski definition) is 1.